The number of oxazole rings is 1. The molecule has 7 aromatic carbocycles. The molecule has 3 nitrogen and oxygen atoms in total. The molecule has 10 rings (SSSR count). The van der Waals surface area contributed by atoms with Crippen LogP contribution in [0.15, 0.2) is 162 Å². The van der Waals surface area contributed by atoms with Crippen molar-refractivity contribution in [3.8, 4) is 39.4 Å². The standard InChI is InChI=1S/C43H26N2OS/c1-3-11-27(12-4-1)30-21-24-38-35(25-30)32-15-7-9-17-37(32)45(38)31-22-19-29(20-23-31)43-44-36-26-34(28-13-5-2-6-14-28)42-40(41(36)46-43)33-16-8-10-18-39(33)47-42/h1-26H. The van der Waals surface area contributed by atoms with Gasteiger partial charge in [0, 0.05) is 47.8 Å². The summed E-state index contributed by atoms with van der Waals surface area (Å²) in [6.07, 6.45) is 0. The summed E-state index contributed by atoms with van der Waals surface area (Å²) < 4.78 is 11.5. The number of hydrogen-bond acceptors (Lipinski definition) is 3. The van der Waals surface area contributed by atoms with E-state index in [4.69, 9.17) is 9.40 Å². The summed E-state index contributed by atoms with van der Waals surface area (Å²) in [5.41, 5.74) is 10.9. The molecule has 0 aliphatic rings. The lowest BCUT2D eigenvalue weighted by atomic mass is 10.0. The summed E-state index contributed by atoms with van der Waals surface area (Å²) in [6, 6.07) is 55.9. The molecule has 0 bridgehead atoms. The van der Waals surface area contributed by atoms with Crippen LogP contribution in [-0.4, -0.2) is 9.55 Å². The van der Waals surface area contributed by atoms with E-state index >= 15 is 0 Å². The zero-order valence-electron chi connectivity index (χ0n) is 25.2. The number of fused-ring (bicyclic) bond motifs is 8. The first-order valence-corrected chi connectivity index (χ1v) is 16.6. The Bertz CT molecular complexity index is 2770. The van der Waals surface area contributed by atoms with Gasteiger partial charge < -0.3 is 8.98 Å². The Hall–Kier alpha value is -5.97. The normalized spacial score (nSPS) is 11.8. The molecule has 0 spiro atoms. The van der Waals surface area contributed by atoms with E-state index in [9.17, 15) is 0 Å². The lowest BCUT2D eigenvalue weighted by molar-refractivity contribution is 0.623. The van der Waals surface area contributed by atoms with Gasteiger partial charge in [-0.05, 0) is 71.3 Å². The second-order valence-corrected chi connectivity index (χ2v) is 13.0. The third-order valence-electron chi connectivity index (χ3n) is 9.24. The number of aromatic nitrogens is 2. The van der Waals surface area contributed by atoms with E-state index in [1.165, 1.54) is 58.8 Å². The van der Waals surface area contributed by atoms with E-state index in [-0.39, 0.29) is 0 Å². The molecule has 0 unspecified atom stereocenters. The van der Waals surface area contributed by atoms with Crippen LogP contribution in [-0.2, 0) is 0 Å². The largest absolute Gasteiger partial charge is 0.435 e. The van der Waals surface area contributed by atoms with Gasteiger partial charge in [-0.25, -0.2) is 4.98 Å². The molecule has 0 N–H and O–H groups in total. The van der Waals surface area contributed by atoms with Gasteiger partial charge in [0.05, 0.1) is 11.0 Å². The van der Waals surface area contributed by atoms with E-state index in [1.807, 2.05) is 11.3 Å². The first kappa shape index (κ1) is 26.3. The molecule has 0 saturated heterocycles. The summed E-state index contributed by atoms with van der Waals surface area (Å²) in [5, 5.41) is 4.82. The van der Waals surface area contributed by atoms with Crippen LogP contribution in [0.3, 0.4) is 0 Å². The van der Waals surface area contributed by atoms with Crippen molar-refractivity contribution in [2.45, 2.75) is 0 Å². The van der Waals surface area contributed by atoms with Crippen LogP contribution >= 0.6 is 11.3 Å². The van der Waals surface area contributed by atoms with Crippen LogP contribution in [0.2, 0.25) is 0 Å². The Morgan fingerprint density at radius 2 is 1.17 bits per heavy atom. The first-order valence-electron chi connectivity index (χ1n) is 15.8. The third kappa shape index (κ3) is 4.09. The van der Waals surface area contributed by atoms with Gasteiger partial charge >= 0.3 is 0 Å². The zero-order valence-corrected chi connectivity index (χ0v) is 26.0. The molecule has 47 heavy (non-hydrogen) atoms. The number of hydrogen-bond donors (Lipinski definition) is 0. The SMILES string of the molecule is c1ccc(-c2ccc3c(c2)c2ccccc2n3-c2ccc(-c3nc4cc(-c5ccccc5)c5sc6ccccc6c5c4o3)cc2)cc1. The monoisotopic (exact) mass is 618 g/mol. The van der Waals surface area contributed by atoms with E-state index in [1.54, 1.807) is 0 Å². The second kappa shape index (κ2) is 10.3. The smallest absolute Gasteiger partial charge is 0.227 e. The van der Waals surface area contributed by atoms with Crippen molar-refractivity contribution in [3.05, 3.63) is 158 Å². The molecule has 0 atom stereocenters. The topological polar surface area (TPSA) is 31.0 Å². The lowest BCUT2D eigenvalue weighted by Crippen LogP contribution is -1.93. The third-order valence-corrected chi connectivity index (χ3v) is 10.4. The van der Waals surface area contributed by atoms with Crippen LogP contribution < -0.4 is 0 Å². The minimum atomic E-state index is 0.628. The average Bonchev–Trinajstić information content (AvgIpc) is 3.84. The van der Waals surface area contributed by atoms with Gasteiger partial charge in [0.1, 0.15) is 5.52 Å². The van der Waals surface area contributed by atoms with Gasteiger partial charge in [-0.3, -0.25) is 0 Å². The fraction of sp³-hybridized carbons (Fsp3) is 0. The molecule has 4 heteroatoms. The van der Waals surface area contributed by atoms with Gasteiger partial charge in [-0.15, -0.1) is 11.3 Å². The molecule has 0 radical (unpaired) electrons. The van der Waals surface area contributed by atoms with Crippen LogP contribution in [0.4, 0.5) is 0 Å². The highest BCUT2D eigenvalue weighted by molar-refractivity contribution is 7.26. The highest BCUT2D eigenvalue weighted by atomic mass is 32.1. The molecule has 10 aromatic rings. The van der Waals surface area contributed by atoms with Crippen molar-refractivity contribution < 1.29 is 4.42 Å². The molecule has 220 valence electrons. The molecular formula is C43H26N2OS. The first-order chi connectivity index (χ1) is 23.3. The Labute approximate surface area is 274 Å². The minimum absolute atomic E-state index is 0.628. The second-order valence-electron chi connectivity index (χ2n) is 12.0. The molecular weight excluding hydrogens is 593 g/mol. The summed E-state index contributed by atoms with van der Waals surface area (Å²) in [6.45, 7) is 0. The number of nitrogens with zero attached hydrogens (tertiary/aromatic N) is 2. The molecule has 0 aliphatic heterocycles. The van der Waals surface area contributed by atoms with E-state index in [0.717, 1.165) is 27.7 Å². The van der Waals surface area contributed by atoms with E-state index in [2.05, 4.69) is 162 Å². The fourth-order valence-electron chi connectivity index (χ4n) is 7.04. The Balaban J connectivity index is 1.12. The molecule has 3 aromatic heterocycles. The maximum Gasteiger partial charge on any atom is 0.227 e. The maximum absolute atomic E-state index is 6.64. The number of para-hydroxylation sites is 1. The van der Waals surface area contributed by atoms with Crippen LogP contribution in [0.25, 0.3) is 92.5 Å². The number of thiophene rings is 1. The Kier molecular flexibility index (Phi) is 5.74. The highest BCUT2D eigenvalue weighted by Gasteiger charge is 2.20. The summed E-state index contributed by atoms with van der Waals surface area (Å²) >= 11 is 1.81. The summed E-state index contributed by atoms with van der Waals surface area (Å²) in [7, 11) is 0. The number of benzene rings is 7. The maximum atomic E-state index is 6.64. The van der Waals surface area contributed by atoms with Crippen LogP contribution in [0, 0.1) is 0 Å². The van der Waals surface area contributed by atoms with Crippen LogP contribution in [0.5, 0.6) is 0 Å². The zero-order chi connectivity index (χ0) is 30.9. The predicted octanol–water partition coefficient (Wildman–Crippen LogP) is 12.3. The van der Waals surface area contributed by atoms with Crippen molar-refractivity contribution in [2.75, 3.05) is 0 Å². The Morgan fingerprint density at radius 1 is 0.511 bits per heavy atom. The van der Waals surface area contributed by atoms with Gasteiger partial charge in [0.2, 0.25) is 5.89 Å². The molecule has 0 aliphatic carbocycles. The number of rotatable bonds is 4. The predicted molar refractivity (Wildman–Crippen MR) is 198 cm³/mol. The quantitative estimate of drug-likeness (QED) is 0.196. The van der Waals surface area contributed by atoms with Gasteiger partial charge in [0.25, 0.3) is 0 Å². The summed E-state index contributed by atoms with van der Waals surface area (Å²) in [4.78, 5) is 5.07. The van der Waals surface area contributed by atoms with E-state index < -0.39 is 0 Å². The molecule has 3 heterocycles. The lowest BCUT2D eigenvalue weighted by Gasteiger charge is -2.09. The minimum Gasteiger partial charge on any atom is -0.435 e. The molecule has 0 saturated carbocycles. The summed E-state index contributed by atoms with van der Waals surface area (Å²) in [5.74, 6) is 0.628. The van der Waals surface area contributed by atoms with E-state index in [0.29, 0.717) is 5.89 Å². The van der Waals surface area contributed by atoms with Crippen molar-refractivity contribution in [1.82, 2.24) is 9.55 Å². The fourth-order valence-corrected chi connectivity index (χ4v) is 8.28. The van der Waals surface area contributed by atoms with Gasteiger partial charge in [0.15, 0.2) is 5.58 Å². The van der Waals surface area contributed by atoms with Crippen LogP contribution in [0.1, 0.15) is 0 Å². The van der Waals surface area contributed by atoms with Crippen molar-refractivity contribution >= 4 is 64.4 Å². The average molecular weight is 619 g/mol. The van der Waals surface area contributed by atoms with Crippen molar-refractivity contribution in [3.63, 3.8) is 0 Å². The van der Waals surface area contributed by atoms with Crippen molar-refractivity contribution in [1.29, 1.82) is 0 Å². The molecule has 0 amide bonds. The van der Waals surface area contributed by atoms with Gasteiger partial charge in [-0.1, -0.05) is 103 Å². The Morgan fingerprint density at radius 3 is 1.98 bits per heavy atom. The van der Waals surface area contributed by atoms with Gasteiger partial charge in [-0.2, -0.15) is 0 Å². The molecule has 0 fully saturated rings. The van der Waals surface area contributed by atoms with Crippen molar-refractivity contribution in [2.24, 2.45) is 0 Å². The highest BCUT2D eigenvalue weighted by Crippen LogP contribution is 2.45.